The summed E-state index contributed by atoms with van der Waals surface area (Å²) in [5, 5.41) is 4.01. The average Bonchev–Trinajstić information content (AvgIpc) is 2.58. The van der Waals surface area contributed by atoms with E-state index >= 15 is 0 Å². The maximum atomic E-state index is 12.4. The third-order valence-corrected chi connectivity index (χ3v) is 4.04. The number of nitrogens with zero attached hydrogens (tertiary/aromatic N) is 2. The lowest BCUT2D eigenvalue weighted by Gasteiger charge is -2.15. The summed E-state index contributed by atoms with van der Waals surface area (Å²) in [7, 11) is 0. The molecule has 0 aliphatic carbocycles. The molecule has 1 N–H and O–H groups in total. The molecular formula is C18H16ClN3O2. The van der Waals surface area contributed by atoms with Crippen LogP contribution in [0.2, 0.25) is 5.02 Å². The quantitative estimate of drug-likeness (QED) is 0.793. The van der Waals surface area contributed by atoms with Gasteiger partial charge in [-0.2, -0.15) is 0 Å². The molecule has 0 saturated heterocycles. The first-order chi connectivity index (χ1) is 11.5. The van der Waals surface area contributed by atoms with Gasteiger partial charge in [0.1, 0.15) is 6.54 Å². The fourth-order valence-corrected chi connectivity index (χ4v) is 2.62. The first-order valence-electron chi connectivity index (χ1n) is 7.53. The summed E-state index contributed by atoms with van der Waals surface area (Å²) in [6, 6.07) is 14.2. The number of rotatable bonds is 4. The van der Waals surface area contributed by atoms with Crippen LogP contribution in [0.25, 0.3) is 10.9 Å². The Bertz CT molecular complexity index is 935. The number of carbonyl (C=O) groups is 1. The van der Waals surface area contributed by atoms with Crippen molar-refractivity contribution >= 4 is 28.4 Å². The third-order valence-electron chi connectivity index (χ3n) is 3.79. The zero-order chi connectivity index (χ0) is 17.1. The molecular weight excluding hydrogens is 326 g/mol. The van der Waals surface area contributed by atoms with Crippen molar-refractivity contribution in [3.8, 4) is 0 Å². The lowest BCUT2D eigenvalue weighted by atomic mass is 10.1. The lowest BCUT2D eigenvalue weighted by Crippen LogP contribution is -2.33. The van der Waals surface area contributed by atoms with E-state index in [9.17, 15) is 9.59 Å². The van der Waals surface area contributed by atoms with Crippen molar-refractivity contribution in [1.82, 2.24) is 14.9 Å². The highest BCUT2D eigenvalue weighted by Gasteiger charge is 2.12. The van der Waals surface area contributed by atoms with E-state index in [2.05, 4.69) is 10.3 Å². The van der Waals surface area contributed by atoms with Crippen molar-refractivity contribution in [2.75, 3.05) is 0 Å². The smallest absolute Gasteiger partial charge is 0.261 e. The minimum absolute atomic E-state index is 0.0748. The van der Waals surface area contributed by atoms with Crippen LogP contribution in [0, 0.1) is 0 Å². The summed E-state index contributed by atoms with van der Waals surface area (Å²) in [5.41, 5.74) is 1.33. The molecule has 1 heterocycles. The minimum Gasteiger partial charge on any atom is -0.348 e. The molecule has 5 nitrogen and oxygen atoms in total. The van der Waals surface area contributed by atoms with Crippen LogP contribution in [0.15, 0.2) is 59.7 Å². The van der Waals surface area contributed by atoms with Gasteiger partial charge in [-0.05, 0) is 36.8 Å². The molecule has 0 unspecified atom stereocenters. The molecule has 122 valence electrons. The number of halogens is 1. The number of nitrogens with one attached hydrogen (secondary N) is 1. The van der Waals surface area contributed by atoms with Crippen LogP contribution in [0.4, 0.5) is 0 Å². The van der Waals surface area contributed by atoms with Crippen molar-refractivity contribution in [3.05, 3.63) is 75.8 Å². The third kappa shape index (κ3) is 3.46. The number of para-hydroxylation sites is 1. The van der Waals surface area contributed by atoms with Crippen LogP contribution in [-0.2, 0) is 11.3 Å². The highest BCUT2D eigenvalue weighted by Crippen LogP contribution is 2.15. The highest BCUT2D eigenvalue weighted by atomic mass is 35.5. The highest BCUT2D eigenvalue weighted by molar-refractivity contribution is 6.30. The molecule has 1 aromatic heterocycles. The Labute approximate surface area is 143 Å². The van der Waals surface area contributed by atoms with Gasteiger partial charge >= 0.3 is 0 Å². The van der Waals surface area contributed by atoms with E-state index in [0.717, 1.165) is 5.56 Å². The Morgan fingerprint density at radius 2 is 1.92 bits per heavy atom. The second-order valence-corrected chi connectivity index (χ2v) is 5.97. The standard InChI is InChI=1S/C18H16ClN3O2/c1-12(13-6-8-14(19)9-7-13)21-17(23)10-22-11-20-16-5-3-2-4-15(16)18(22)24/h2-9,11-12H,10H2,1H3,(H,21,23)/t12-/m1/s1. The predicted octanol–water partition coefficient (Wildman–Crippen LogP) is 2.93. The van der Waals surface area contributed by atoms with Crippen LogP contribution in [0.1, 0.15) is 18.5 Å². The van der Waals surface area contributed by atoms with Gasteiger partial charge in [0.2, 0.25) is 5.91 Å². The molecule has 0 saturated carbocycles. The van der Waals surface area contributed by atoms with Gasteiger partial charge < -0.3 is 5.32 Å². The Kier molecular flexibility index (Phi) is 4.62. The molecule has 24 heavy (non-hydrogen) atoms. The van der Waals surface area contributed by atoms with E-state index in [0.29, 0.717) is 15.9 Å². The first-order valence-corrected chi connectivity index (χ1v) is 7.91. The van der Waals surface area contributed by atoms with E-state index in [-0.39, 0.29) is 24.1 Å². The minimum atomic E-state index is -0.253. The SMILES string of the molecule is C[C@@H](NC(=O)Cn1cnc2ccccc2c1=O)c1ccc(Cl)cc1. The Balaban J connectivity index is 1.74. The van der Waals surface area contributed by atoms with Crippen LogP contribution in [0.3, 0.4) is 0 Å². The summed E-state index contributed by atoms with van der Waals surface area (Å²) < 4.78 is 1.31. The van der Waals surface area contributed by atoms with Gasteiger partial charge in [0.15, 0.2) is 0 Å². The molecule has 0 fully saturated rings. The number of benzene rings is 2. The molecule has 3 aromatic rings. The summed E-state index contributed by atoms with van der Waals surface area (Å²) in [6.45, 7) is 1.80. The molecule has 0 aliphatic heterocycles. The molecule has 0 radical (unpaired) electrons. The normalized spacial score (nSPS) is 12.1. The largest absolute Gasteiger partial charge is 0.348 e. The van der Waals surface area contributed by atoms with Crippen LogP contribution in [-0.4, -0.2) is 15.5 Å². The van der Waals surface area contributed by atoms with Crippen molar-refractivity contribution in [3.63, 3.8) is 0 Å². The average molecular weight is 342 g/mol. The summed E-state index contributed by atoms with van der Waals surface area (Å²) in [5.74, 6) is -0.253. The van der Waals surface area contributed by atoms with Gasteiger partial charge in [-0.25, -0.2) is 4.98 Å². The van der Waals surface area contributed by atoms with E-state index in [1.807, 2.05) is 25.1 Å². The van der Waals surface area contributed by atoms with E-state index in [1.54, 1.807) is 30.3 Å². The van der Waals surface area contributed by atoms with Gasteiger partial charge in [-0.3, -0.25) is 14.2 Å². The number of fused-ring (bicyclic) bond motifs is 1. The van der Waals surface area contributed by atoms with Gasteiger partial charge in [0, 0.05) is 5.02 Å². The summed E-state index contributed by atoms with van der Waals surface area (Å²) in [4.78, 5) is 28.8. The van der Waals surface area contributed by atoms with Gasteiger partial charge in [-0.15, -0.1) is 0 Å². The van der Waals surface area contributed by atoms with E-state index < -0.39 is 0 Å². The van der Waals surface area contributed by atoms with Crippen LogP contribution in [0.5, 0.6) is 0 Å². The lowest BCUT2D eigenvalue weighted by molar-refractivity contribution is -0.122. The van der Waals surface area contributed by atoms with Gasteiger partial charge in [0.05, 0.1) is 23.3 Å². The fraction of sp³-hybridized carbons (Fsp3) is 0.167. The molecule has 0 spiro atoms. The Morgan fingerprint density at radius 1 is 1.21 bits per heavy atom. The number of carbonyl (C=O) groups excluding carboxylic acids is 1. The number of hydrogen-bond donors (Lipinski definition) is 1. The second kappa shape index (κ2) is 6.84. The monoisotopic (exact) mass is 341 g/mol. The maximum Gasteiger partial charge on any atom is 0.261 e. The predicted molar refractivity (Wildman–Crippen MR) is 94.0 cm³/mol. The van der Waals surface area contributed by atoms with Gasteiger partial charge in [0.25, 0.3) is 5.56 Å². The van der Waals surface area contributed by atoms with E-state index in [4.69, 9.17) is 11.6 Å². The Hall–Kier alpha value is -2.66. The number of hydrogen-bond acceptors (Lipinski definition) is 3. The molecule has 3 rings (SSSR count). The van der Waals surface area contributed by atoms with E-state index in [1.165, 1.54) is 10.9 Å². The molecule has 6 heteroatoms. The molecule has 0 bridgehead atoms. The van der Waals surface area contributed by atoms with Crippen LogP contribution < -0.4 is 10.9 Å². The number of aromatic nitrogens is 2. The van der Waals surface area contributed by atoms with Gasteiger partial charge in [-0.1, -0.05) is 35.9 Å². The maximum absolute atomic E-state index is 12.4. The second-order valence-electron chi connectivity index (χ2n) is 5.54. The van der Waals surface area contributed by atoms with Crippen molar-refractivity contribution < 1.29 is 4.79 Å². The zero-order valence-corrected chi connectivity index (χ0v) is 13.8. The first kappa shape index (κ1) is 16.2. The topological polar surface area (TPSA) is 64.0 Å². The Morgan fingerprint density at radius 3 is 2.67 bits per heavy atom. The summed E-state index contributed by atoms with van der Waals surface area (Å²) >= 11 is 5.86. The van der Waals surface area contributed by atoms with Crippen molar-refractivity contribution in [2.45, 2.75) is 19.5 Å². The molecule has 2 aromatic carbocycles. The molecule has 1 amide bonds. The number of amides is 1. The van der Waals surface area contributed by atoms with Crippen LogP contribution >= 0.6 is 11.6 Å². The summed E-state index contributed by atoms with van der Waals surface area (Å²) in [6.07, 6.45) is 1.40. The molecule has 1 atom stereocenters. The van der Waals surface area contributed by atoms with Crippen molar-refractivity contribution in [1.29, 1.82) is 0 Å². The van der Waals surface area contributed by atoms with Crippen molar-refractivity contribution in [2.24, 2.45) is 0 Å². The molecule has 0 aliphatic rings. The zero-order valence-electron chi connectivity index (χ0n) is 13.1. The fourth-order valence-electron chi connectivity index (χ4n) is 2.50.